The van der Waals surface area contributed by atoms with Crippen LogP contribution in [0.2, 0.25) is 0 Å². The monoisotopic (exact) mass is 452 g/mol. The smallest absolute Gasteiger partial charge is 0.407 e. The number of piperidine rings is 1. The molecule has 6 nitrogen and oxygen atoms in total. The Balaban J connectivity index is 2.28. The van der Waals surface area contributed by atoms with E-state index in [9.17, 15) is 18.3 Å². The molecular weight excluding hydrogens is 431 g/mol. The number of benzene rings is 1. The van der Waals surface area contributed by atoms with E-state index in [0.717, 1.165) is 9.13 Å². The van der Waals surface area contributed by atoms with E-state index in [2.05, 4.69) is 27.3 Å². The molecule has 0 spiro atoms. The zero-order chi connectivity index (χ0) is 17.2. The molecule has 0 radical (unpaired) electrons. The number of nitrogens with zero attached hydrogens (tertiary/aromatic N) is 1. The van der Waals surface area contributed by atoms with E-state index >= 15 is 0 Å². The molecule has 1 fully saturated rings. The normalized spacial score (nSPS) is 22.3. The predicted molar refractivity (Wildman–Crippen MR) is 97.1 cm³/mol. The van der Waals surface area contributed by atoms with E-state index in [-0.39, 0.29) is 12.0 Å². The summed E-state index contributed by atoms with van der Waals surface area (Å²) in [5.41, 5.74) is 0.952. The number of rotatable bonds is 4. The van der Waals surface area contributed by atoms with Gasteiger partial charge in [-0.05, 0) is 60.6 Å². The van der Waals surface area contributed by atoms with Crippen molar-refractivity contribution in [3.63, 3.8) is 0 Å². The quantitative estimate of drug-likeness (QED) is 0.688. The Morgan fingerprint density at radius 1 is 1.35 bits per heavy atom. The SMILES string of the molecule is CC(C)S(=O)(=O)N[C@@H]1CCN(C(=O)O)C[C@H]1c1ccc(I)cc1. The second kappa shape index (κ2) is 7.35. The summed E-state index contributed by atoms with van der Waals surface area (Å²) < 4.78 is 28.3. The van der Waals surface area contributed by atoms with Gasteiger partial charge in [-0.2, -0.15) is 0 Å². The number of halogens is 1. The largest absolute Gasteiger partial charge is 0.465 e. The van der Waals surface area contributed by atoms with Gasteiger partial charge < -0.3 is 10.0 Å². The molecule has 2 N–H and O–H groups in total. The molecule has 1 aliphatic heterocycles. The molecular formula is C15H21IN2O4S. The van der Waals surface area contributed by atoms with E-state index in [4.69, 9.17) is 0 Å². The Morgan fingerprint density at radius 3 is 2.48 bits per heavy atom. The second-order valence-corrected chi connectivity index (χ2v) is 9.51. The third-order valence-corrected chi connectivity index (χ3v) is 6.71. The van der Waals surface area contributed by atoms with Gasteiger partial charge in [-0.1, -0.05) is 12.1 Å². The Labute approximate surface area is 150 Å². The van der Waals surface area contributed by atoms with Gasteiger partial charge in [0.15, 0.2) is 0 Å². The van der Waals surface area contributed by atoms with Crippen LogP contribution in [0.3, 0.4) is 0 Å². The lowest BCUT2D eigenvalue weighted by atomic mass is 9.87. The molecule has 0 aliphatic carbocycles. The maximum atomic E-state index is 12.2. The third kappa shape index (κ3) is 4.57. The van der Waals surface area contributed by atoms with Crippen molar-refractivity contribution >= 4 is 38.7 Å². The first-order valence-electron chi connectivity index (χ1n) is 7.45. The van der Waals surface area contributed by atoms with Gasteiger partial charge in [0.25, 0.3) is 0 Å². The highest BCUT2D eigenvalue weighted by Gasteiger charge is 2.35. The number of hydrogen-bond donors (Lipinski definition) is 2. The molecule has 0 unspecified atom stereocenters. The first-order chi connectivity index (χ1) is 10.7. The van der Waals surface area contributed by atoms with Gasteiger partial charge in [-0.25, -0.2) is 17.9 Å². The Morgan fingerprint density at radius 2 is 1.96 bits per heavy atom. The second-order valence-electron chi connectivity index (χ2n) is 5.99. The summed E-state index contributed by atoms with van der Waals surface area (Å²) >= 11 is 2.20. The maximum Gasteiger partial charge on any atom is 0.407 e. The summed E-state index contributed by atoms with van der Waals surface area (Å²) in [6.45, 7) is 3.89. The van der Waals surface area contributed by atoms with E-state index < -0.39 is 21.4 Å². The lowest BCUT2D eigenvalue weighted by Crippen LogP contribution is -2.52. The Bertz CT molecular complexity index is 661. The summed E-state index contributed by atoms with van der Waals surface area (Å²) in [6, 6.07) is 7.48. The summed E-state index contributed by atoms with van der Waals surface area (Å²) in [6.07, 6.45) is -0.500. The van der Waals surface area contributed by atoms with Crippen molar-refractivity contribution in [2.45, 2.75) is 37.5 Å². The molecule has 1 amide bonds. The summed E-state index contributed by atoms with van der Waals surface area (Å²) in [5.74, 6) is -0.189. The van der Waals surface area contributed by atoms with E-state index in [1.165, 1.54) is 4.90 Å². The van der Waals surface area contributed by atoms with Crippen LogP contribution in [0.1, 0.15) is 31.7 Å². The van der Waals surface area contributed by atoms with Crippen molar-refractivity contribution in [3.8, 4) is 0 Å². The fourth-order valence-corrected chi connectivity index (χ4v) is 4.00. The van der Waals surface area contributed by atoms with Crippen LogP contribution in [-0.4, -0.2) is 48.9 Å². The Kier molecular flexibility index (Phi) is 5.90. The van der Waals surface area contributed by atoms with Crippen LogP contribution >= 0.6 is 22.6 Å². The predicted octanol–water partition coefficient (Wildman–Crippen LogP) is 2.45. The molecule has 1 heterocycles. The van der Waals surface area contributed by atoms with Gasteiger partial charge in [0.2, 0.25) is 10.0 Å². The zero-order valence-corrected chi connectivity index (χ0v) is 16.0. The minimum Gasteiger partial charge on any atom is -0.465 e. The highest BCUT2D eigenvalue weighted by molar-refractivity contribution is 14.1. The lowest BCUT2D eigenvalue weighted by Gasteiger charge is -2.38. The number of hydrogen-bond acceptors (Lipinski definition) is 3. The molecule has 0 bridgehead atoms. The van der Waals surface area contributed by atoms with Gasteiger partial charge in [0.05, 0.1) is 5.25 Å². The molecule has 0 aromatic heterocycles. The van der Waals surface area contributed by atoms with Crippen LogP contribution in [-0.2, 0) is 10.0 Å². The van der Waals surface area contributed by atoms with Crippen LogP contribution in [0.15, 0.2) is 24.3 Å². The van der Waals surface area contributed by atoms with Crippen molar-refractivity contribution in [2.24, 2.45) is 0 Å². The minimum atomic E-state index is -3.40. The maximum absolute atomic E-state index is 12.2. The molecule has 2 rings (SSSR count). The first kappa shape index (κ1) is 18.5. The molecule has 2 atom stereocenters. The first-order valence-corrected chi connectivity index (χ1v) is 10.1. The molecule has 1 aliphatic rings. The fourth-order valence-electron chi connectivity index (χ4n) is 2.66. The van der Waals surface area contributed by atoms with Crippen LogP contribution in [0.25, 0.3) is 0 Å². The fraction of sp³-hybridized carbons (Fsp3) is 0.533. The van der Waals surface area contributed by atoms with Gasteiger partial charge in [-0.3, -0.25) is 0 Å². The number of carbonyl (C=O) groups is 1. The number of nitrogens with one attached hydrogen (secondary N) is 1. The molecule has 1 saturated heterocycles. The van der Waals surface area contributed by atoms with Gasteiger partial charge in [0, 0.05) is 28.6 Å². The van der Waals surface area contributed by atoms with Crippen molar-refractivity contribution < 1.29 is 18.3 Å². The summed E-state index contributed by atoms with van der Waals surface area (Å²) in [5, 5.41) is 8.72. The number of sulfonamides is 1. The van der Waals surface area contributed by atoms with Crippen molar-refractivity contribution in [1.82, 2.24) is 9.62 Å². The Hall–Kier alpha value is -0.870. The molecule has 128 valence electrons. The average Bonchev–Trinajstić information content (AvgIpc) is 2.48. The van der Waals surface area contributed by atoms with Crippen LogP contribution in [0.4, 0.5) is 4.79 Å². The van der Waals surface area contributed by atoms with E-state index in [0.29, 0.717) is 19.5 Å². The van der Waals surface area contributed by atoms with Crippen molar-refractivity contribution in [3.05, 3.63) is 33.4 Å². The van der Waals surface area contributed by atoms with Crippen LogP contribution < -0.4 is 4.72 Å². The topological polar surface area (TPSA) is 86.7 Å². The molecule has 0 saturated carbocycles. The molecule has 23 heavy (non-hydrogen) atoms. The molecule has 1 aromatic rings. The highest BCUT2D eigenvalue weighted by atomic mass is 127. The van der Waals surface area contributed by atoms with Gasteiger partial charge in [-0.15, -0.1) is 0 Å². The van der Waals surface area contributed by atoms with Crippen molar-refractivity contribution in [2.75, 3.05) is 13.1 Å². The molecule has 1 aromatic carbocycles. The number of likely N-dealkylation sites (tertiary alicyclic amines) is 1. The van der Waals surface area contributed by atoms with Gasteiger partial charge in [0.1, 0.15) is 0 Å². The van der Waals surface area contributed by atoms with Crippen molar-refractivity contribution in [1.29, 1.82) is 0 Å². The summed E-state index contributed by atoms with van der Waals surface area (Å²) in [7, 11) is -3.40. The highest BCUT2D eigenvalue weighted by Crippen LogP contribution is 2.29. The standard InChI is InChI=1S/C15H21IN2O4S/c1-10(2)23(21,22)17-14-7-8-18(15(19)20)9-13(14)11-3-5-12(16)6-4-11/h3-6,10,13-14,17H,7-9H2,1-2H3,(H,19,20)/t13-,14+/m0/s1. The average molecular weight is 452 g/mol. The van der Waals surface area contributed by atoms with Crippen LogP contribution in [0, 0.1) is 3.57 Å². The number of carboxylic acid groups (broad SMARTS) is 1. The summed E-state index contributed by atoms with van der Waals surface area (Å²) in [4.78, 5) is 12.6. The molecule has 8 heteroatoms. The number of amides is 1. The minimum absolute atomic E-state index is 0.189. The van der Waals surface area contributed by atoms with E-state index in [1.54, 1.807) is 13.8 Å². The van der Waals surface area contributed by atoms with E-state index in [1.807, 2.05) is 24.3 Å². The third-order valence-electron chi connectivity index (χ3n) is 4.12. The van der Waals surface area contributed by atoms with Crippen LogP contribution in [0.5, 0.6) is 0 Å². The zero-order valence-electron chi connectivity index (χ0n) is 13.1. The van der Waals surface area contributed by atoms with Gasteiger partial charge >= 0.3 is 6.09 Å². The lowest BCUT2D eigenvalue weighted by molar-refractivity contribution is 0.124.